The fourth-order valence-electron chi connectivity index (χ4n) is 1.07. The standard InChI is InChI=1S/C9H20O3/c1-8(2,10-4)7-9(3,11-5)12-6/h7H2,1-6H3. The molecule has 12 heavy (non-hydrogen) atoms. The molecule has 0 spiro atoms. The van der Waals surface area contributed by atoms with Gasteiger partial charge in [0.2, 0.25) is 0 Å². The van der Waals surface area contributed by atoms with Crippen LogP contribution in [0.15, 0.2) is 0 Å². The molecule has 74 valence electrons. The molecule has 0 bridgehead atoms. The van der Waals surface area contributed by atoms with E-state index in [-0.39, 0.29) is 5.60 Å². The molecule has 0 aliphatic rings. The molecule has 0 atom stereocenters. The molecule has 3 heteroatoms. The van der Waals surface area contributed by atoms with Gasteiger partial charge in [-0.15, -0.1) is 0 Å². The van der Waals surface area contributed by atoms with Crippen molar-refractivity contribution in [3.63, 3.8) is 0 Å². The lowest BCUT2D eigenvalue weighted by atomic mass is 9.99. The van der Waals surface area contributed by atoms with Crippen LogP contribution in [0.2, 0.25) is 0 Å². The van der Waals surface area contributed by atoms with Crippen LogP contribution in [-0.4, -0.2) is 32.7 Å². The van der Waals surface area contributed by atoms with E-state index in [1.54, 1.807) is 21.3 Å². The van der Waals surface area contributed by atoms with Gasteiger partial charge >= 0.3 is 0 Å². The van der Waals surface area contributed by atoms with Crippen LogP contribution in [0, 0.1) is 0 Å². The van der Waals surface area contributed by atoms with Crippen LogP contribution in [0.25, 0.3) is 0 Å². The molecule has 0 fully saturated rings. The lowest BCUT2D eigenvalue weighted by Gasteiger charge is -2.34. The van der Waals surface area contributed by atoms with Crippen molar-refractivity contribution < 1.29 is 14.2 Å². The van der Waals surface area contributed by atoms with Crippen LogP contribution in [0.3, 0.4) is 0 Å². The quantitative estimate of drug-likeness (QED) is 0.598. The van der Waals surface area contributed by atoms with Crippen LogP contribution in [0.5, 0.6) is 0 Å². The largest absolute Gasteiger partial charge is 0.379 e. The van der Waals surface area contributed by atoms with Gasteiger partial charge in [-0.05, 0) is 20.8 Å². The first kappa shape index (κ1) is 11.9. The summed E-state index contributed by atoms with van der Waals surface area (Å²) in [5.74, 6) is -0.556. The van der Waals surface area contributed by atoms with E-state index < -0.39 is 5.79 Å². The van der Waals surface area contributed by atoms with E-state index in [1.165, 1.54) is 0 Å². The number of hydrogen-bond acceptors (Lipinski definition) is 3. The second kappa shape index (κ2) is 4.21. The molecule has 0 radical (unpaired) electrons. The Balaban J connectivity index is 4.20. The van der Waals surface area contributed by atoms with Gasteiger partial charge in [-0.3, -0.25) is 0 Å². The highest BCUT2D eigenvalue weighted by molar-refractivity contribution is 4.76. The molecule has 0 aromatic carbocycles. The molecular weight excluding hydrogens is 156 g/mol. The fourth-order valence-corrected chi connectivity index (χ4v) is 1.07. The van der Waals surface area contributed by atoms with Crippen molar-refractivity contribution in [1.29, 1.82) is 0 Å². The normalized spacial score (nSPS) is 13.5. The fraction of sp³-hybridized carbons (Fsp3) is 1.00. The topological polar surface area (TPSA) is 27.7 Å². The highest BCUT2D eigenvalue weighted by atomic mass is 16.7. The predicted octanol–water partition coefficient (Wildman–Crippen LogP) is 1.81. The maximum absolute atomic E-state index is 5.28. The average molecular weight is 176 g/mol. The molecule has 0 aliphatic carbocycles. The smallest absolute Gasteiger partial charge is 0.167 e. The first-order chi connectivity index (χ1) is 5.39. The SMILES string of the molecule is COC(C)(C)CC(C)(OC)OC. The van der Waals surface area contributed by atoms with Gasteiger partial charge in [0.05, 0.1) is 5.60 Å². The van der Waals surface area contributed by atoms with Crippen molar-refractivity contribution in [3.05, 3.63) is 0 Å². The minimum atomic E-state index is -0.556. The van der Waals surface area contributed by atoms with Crippen molar-refractivity contribution in [3.8, 4) is 0 Å². The maximum Gasteiger partial charge on any atom is 0.167 e. The van der Waals surface area contributed by atoms with Gasteiger partial charge in [-0.25, -0.2) is 0 Å². The Kier molecular flexibility index (Phi) is 4.17. The third-order valence-electron chi connectivity index (χ3n) is 2.16. The highest BCUT2D eigenvalue weighted by Gasteiger charge is 2.32. The Bertz CT molecular complexity index is 128. The molecule has 0 aromatic heterocycles. The van der Waals surface area contributed by atoms with Gasteiger partial charge in [-0.2, -0.15) is 0 Å². The molecule has 0 saturated heterocycles. The first-order valence-corrected chi connectivity index (χ1v) is 4.04. The van der Waals surface area contributed by atoms with Crippen molar-refractivity contribution >= 4 is 0 Å². The van der Waals surface area contributed by atoms with Gasteiger partial charge in [0, 0.05) is 27.8 Å². The van der Waals surface area contributed by atoms with Crippen molar-refractivity contribution in [1.82, 2.24) is 0 Å². The average Bonchev–Trinajstić information content (AvgIpc) is 2.04. The second-order valence-corrected chi connectivity index (χ2v) is 3.68. The Labute approximate surface area is 75.0 Å². The minimum Gasteiger partial charge on any atom is -0.379 e. The Morgan fingerprint density at radius 3 is 1.50 bits per heavy atom. The van der Waals surface area contributed by atoms with E-state index in [1.807, 2.05) is 20.8 Å². The molecule has 0 aliphatic heterocycles. The van der Waals surface area contributed by atoms with E-state index in [9.17, 15) is 0 Å². The molecule has 0 aromatic rings. The van der Waals surface area contributed by atoms with Gasteiger partial charge in [0.1, 0.15) is 0 Å². The monoisotopic (exact) mass is 176 g/mol. The molecule has 0 saturated carbocycles. The number of methoxy groups -OCH3 is 3. The second-order valence-electron chi connectivity index (χ2n) is 3.68. The zero-order chi connectivity index (χ0) is 9.83. The third-order valence-corrected chi connectivity index (χ3v) is 2.16. The molecule has 0 rings (SSSR count). The van der Waals surface area contributed by atoms with Crippen molar-refractivity contribution in [2.45, 2.75) is 38.6 Å². The van der Waals surface area contributed by atoms with E-state index in [2.05, 4.69) is 0 Å². The lowest BCUT2D eigenvalue weighted by Crippen LogP contribution is -2.39. The predicted molar refractivity (Wildman–Crippen MR) is 48.1 cm³/mol. The number of ether oxygens (including phenoxy) is 3. The summed E-state index contributed by atoms with van der Waals surface area (Å²) in [6.07, 6.45) is 0.698. The van der Waals surface area contributed by atoms with Crippen molar-refractivity contribution in [2.24, 2.45) is 0 Å². The van der Waals surface area contributed by atoms with E-state index >= 15 is 0 Å². The lowest BCUT2D eigenvalue weighted by molar-refractivity contribution is -0.222. The molecule has 0 unspecified atom stereocenters. The summed E-state index contributed by atoms with van der Waals surface area (Å²) in [6.45, 7) is 5.90. The van der Waals surface area contributed by atoms with Crippen LogP contribution >= 0.6 is 0 Å². The minimum absolute atomic E-state index is 0.221. The van der Waals surface area contributed by atoms with Crippen molar-refractivity contribution in [2.75, 3.05) is 21.3 Å². The summed E-state index contributed by atoms with van der Waals surface area (Å²) in [5, 5.41) is 0. The highest BCUT2D eigenvalue weighted by Crippen LogP contribution is 2.25. The molecule has 0 heterocycles. The maximum atomic E-state index is 5.28. The van der Waals surface area contributed by atoms with Gasteiger partial charge in [0.15, 0.2) is 5.79 Å². The molecular formula is C9H20O3. The van der Waals surface area contributed by atoms with Gasteiger partial charge < -0.3 is 14.2 Å². The summed E-state index contributed by atoms with van der Waals surface area (Å²) in [6, 6.07) is 0. The summed E-state index contributed by atoms with van der Waals surface area (Å²) in [5.41, 5.74) is -0.221. The summed E-state index contributed by atoms with van der Waals surface area (Å²) >= 11 is 0. The summed E-state index contributed by atoms with van der Waals surface area (Å²) < 4.78 is 15.7. The van der Waals surface area contributed by atoms with E-state index in [4.69, 9.17) is 14.2 Å². The zero-order valence-electron chi connectivity index (χ0n) is 8.93. The van der Waals surface area contributed by atoms with Crippen LogP contribution in [-0.2, 0) is 14.2 Å². The van der Waals surface area contributed by atoms with E-state index in [0.29, 0.717) is 6.42 Å². The molecule has 3 nitrogen and oxygen atoms in total. The first-order valence-electron chi connectivity index (χ1n) is 4.04. The van der Waals surface area contributed by atoms with E-state index in [0.717, 1.165) is 0 Å². The molecule has 0 amide bonds. The summed E-state index contributed by atoms with van der Waals surface area (Å²) in [7, 11) is 4.95. The van der Waals surface area contributed by atoms with Gasteiger partial charge in [0.25, 0.3) is 0 Å². The Morgan fingerprint density at radius 1 is 0.833 bits per heavy atom. The van der Waals surface area contributed by atoms with Crippen LogP contribution < -0.4 is 0 Å². The summed E-state index contributed by atoms with van der Waals surface area (Å²) in [4.78, 5) is 0. The third kappa shape index (κ3) is 3.52. The zero-order valence-corrected chi connectivity index (χ0v) is 8.93. The Hall–Kier alpha value is -0.120. The molecule has 0 N–H and O–H groups in total. The van der Waals surface area contributed by atoms with Crippen LogP contribution in [0.4, 0.5) is 0 Å². The van der Waals surface area contributed by atoms with Gasteiger partial charge in [-0.1, -0.05) is 0 Å². The number of rotatable bonds is 5. The van der Waals surface area contributed by atoms with Crippen LogP contribution in [0.1, 0.15) is 27.2 Å². The number of hydrogen-bond donors (Lipinski definition) is 0. The Morgan fingerprint density at radius 2 is 1.25 bits per heavy atom.